The second-order valence-corrected chi connectivity index (χ2v) is 7.93. The summed E-state index contributed by atoms with van der Waals surface area (Å²) in [7, 11) is 0. The molecule has 2 aromatic carbocycles. The second-order valence-electron chi connectivity index (χ2n) is 5.59. The van der Waals surface area contributed by atoms with Gasteiger partial charge in [-0.25, -0.2) is 9.67 Å². The van der Waals surface area contributed by atoms with E-state index in [-0.39, 0.29) is 11.9 Å². The first kappa shape index (κ1) is 17.2. The monoisotopic (exact) mass is 446 g/mol. The summed E-state index contributed by atoms with van der Waals surface area (Å²) in [5, 5.41) is 8.34. The summed E-state index contributed by atoms with van der Waals surface area (Å²) in [6.07, 6.45) is 1.59. The highest BCUT2D eigenvalue weighted by Crippen LogP contribution is 2.35. The van der Waals surface area contributed by atoms with Crippen LogP contribution in [0.1, 0.15) is 15.2 Å². The summed E-state index contributed by atoms with van der Waals surface area (Å²) in [5.74, 6) is -0.0572. The third-order valence-electron chi connectivity index (χ3n) is 3.76. The lowest BCUT2D eigenvalue weighted by Crippen LogP contribution is -2.12. The minimum absolute atomic E-state index is 0.251. The minimum atomic E-state index is -0.308. The van der Waals surface area contributed by atoms with E-state index in [0.29, 0.717) is 16.4 Å². The van der Waals surface area contributed by atoms with Crippen LogP contribution in [0.5, 0.6) is 0 Å². The maximum absolute atomic E-state index is 12.5. The van der Waals surface area contributed by atoms with Gasteiger partial charge in [0.2, 0.25) is 5.95 Å². The van der Waals surface area contributed by atoms with E-state index in [1.54, 1.807) is 11.0 Å². The van der Waals surface area contributed by atoms with E-state index >= 15 is 0 Å². The van der Waals surface area contributed by atoms with E-state index in [2.05, 4.69) is 31.3 Å². The van der Waals surface area contributed by atoms with Crippen molar-refractivity contribution in [1.82, 2.24) is 14.8 Å². The van der Waals surface area contributed by atoms with Gasteiger partial charge >= 0.3 is 0 Å². The number of nitrogens with zero attached hydrogens (tertiary/aromatic N) is 3. The highest BCUT2D eigenvalue weighted by atomic mass is 79.9. The molecule has 0 radical (unpaired) electrons. The third-order valence-corrected chi connectivity index (χ3v) is 5.96. The molecule has 0 aliphatic heterocycles. The van der Waals surface area contributed by atoms with Crippen molar-refractivity contribution in [2.75, 3.05) is 5.32 Å². The Morgan fingerprint density at radius 3 is 2.73 bits per heavy atom. The van der Waals surface area contributed by atoms with Crippen LogP contribution in [0, 0.1) is 0 Å². The summed E-state index contributed by atoms with van der Waals surface area (Å²) in [4.78, 5) is 17.1. The highest BCUT2D eigenvalue weighted by Gasteiger charge is 2.18. The van der Waals surface area contributed by atoms with Gasteiger partial charge in [-0.05, 0) is 23.8 Å². The first-order chi connectivity index (χ1) is 12.6. The summed E-state index contributed by atoms with van der Waals surface area (Å²) >= 11 is 11.1. The van der Waals surface area contributed by atoms with Gasteiger partial charge in [0, 0.05) is 14.6 Å². The van der Waals surface area contributed by atoms with Crippen molar-refractivity contribution < 1.29 is 4.79 Å². The fourth-order valence-electron chi connectivity index (χ4n) is 2.52. The molecular formula is C18H12BrClN4OS. The van der Waals surface area contributed by atoms with E-state index < -0.39 is 0 Å². The van der Waals surface area contributed by atoms with E-state index in [0.717, 1.165) is 20.1 Å². The number of halogens is 2. The third kappa shape index (κ3) is 3.51. The first-order valence-electron chi connectivity index (χ1n) is 7.72. The number of rotatable bonds is 4. The van der Waals surface area contributed by atoms with Crippen molar-refractivity contribution >= 4 is 60.8 Å². The Hall–Kier alpha value is -2.22. The van der Waals surface area contributed by atoms with E-state index in [1.807, 2.05) is 48.5 Å². The standard InChI is InChI=1S/C18H12BrClN4OS/c19-12-7-5-11(6-8-12)9-24-10-21-18(23-24)22-17(25)16-15(20)13-3-1-2-4-14(13)26-16/h1-8,10H,9H2,(H,22,23,25). The molecular weight excluding hydrogens is 436 g/mol. The molecule has 0 saturated carbocycles. The Bertz CT molecular complexity index is 1090. The van der Waals surface area contributed by atoms with Gasteiger partial charge in [-0.3, -0.25) is 10.1 Å². The van der Waals surface area contributed by atoms with E-state index in [1.165, 1.54) is 11.3 Å². The number of amides is 1. The number of carbonyl (C=O) groups is 1. The summed E-state index contributed by atoms with van der Waals surface area (Å²) in [6, 6.07) is 15.6. The van der Waals surface area contributed by atoms with Crippen molar-refractivity contribution in [3.63, 3.8) is 0 Å². The van der Waals surface area contributed by atoms with Crippen LogP contribution in [0.4, 0.5) is 5.95 Å². The van der Waals surface area contributed by atoms with Gasteiger partial charge in [-0.1, -0.05) is 57.9 Å². The zero-order valence-corrected chi connectivity index (χ0v) is 16.5. The first-order valence-corrected chi connectivity index (χ1v) is 9.71. The van der Waals surface area contributed by atoms with Gasteiger partial charge in [-0.2, -0.15) is 0 Å². The van der Waals surface area contributed by atoms with Gasteiger partial charge in [-0.15, -0.1) is 16.4 Å². The van der Waals surface area contributed by atoms with Gasteiger partial charge in [0.05, 0.1) is 11.6 Å². The predicted molar refractivity (Wildman–Crippen MR) is 108 cm³/mol. The molecule has 0 fully saturated rings. The molecule has 5 nitrogen and oxygen atoms in total. The average molecular weight is 448 g/mol. The maximum atomic E-state index is 12.5. The molecule has 0 bridgehead atoms. The van der Waals surface area contributed by atoms with Crippen molar-refractivity contribution in [3.05, 3.63) is 74.8 Å². The highest BCUT2D eigenvalue weighted by molar-refractivity contribution is 9.10. The lowest BCUT2D eigenvalue weighted by atomic mass is 10.2. The van der Waals surface area contributed by atoms with Crippen molar-refractivity contribution in [2.24, 2.45) is 0 Å². The van der Waals surface area contributed by atoms with Crippen molar-refractivity contribution in [2.45, 2.75) is 6.54 Å². The van der Waals surface area contributed by atoms with Crippen LogP contribution in [-0.2, 0) is 6.54 Å². The smallest absolute Gasteiger partial charge is 0.269 e. The SMILES string of the molecule is O=C(Nc1ncn(Cc2ccc(Br)cc2)n1)c1sc2ccccc2c1Cl. The van der Waals surface area contributed by atoms with Gasteiger partial charge < -0.3 is 0 Å². The zero-order valence-electron chi connectivity index (χ0n) is 13.3. The number of carbonyl (C=O) groups excluding carboxylic acids is 1. The van der Waals surface area contributed by atoms with Crippen LogP contribution in [0.25, 0.3) is 10.1 Å². The van der Waals surface area contributed by atoms with Gasteiger partial charge in [0.25, 0.3) is 5.91 Å². The van der Waals surface area contributed by atoms with Crippen LogP contribution in [0.15, 0.2) is 59.3 Å². The lowest BCUT2D eigenvalue weighted by Gasteiger charge is -2.01. The number of hydrogen-bond acceptors (Lipinski definition) is 4. The molecule has 1 amide bonds. The zero-order chi connectivity index (χ0) is 18.1. The number of anilines is 1. The topological polar surface area (TPSA) is 59.8 Å². The maximum Gasteiger partial charge on any atom is 0.269 e. The molecule has 2 aromatic heterocycles. The van der Waals surface area contributed by atoms with E-state index in [4.69, 9.17) is 11.6 Å². The van der Waals surface area contributed by atoms with Crippen LogP contribution >= 0.6 is 38.9 Å². The fourth-order valence-corrected chi connectivity index (χ4v) is 4.20. The molecule has 0 unspecified atom stereocenters. The summed E-state index contributed by atoms with van der Waals surface area (Å²) in [6.45, 7) is 0.569. The number of aromatic nitrogens is 3. The molecule has 4 aromatic rings. The molecule has 4 rings (SSSR count). The molecule has 0 aliphatic rings. The largest absolute Gasteiger partial charge is 0.288 e. The molecule has 8 heteroatoms. The molecule has 26 heavy (non-hydrogen) atoms. The Balaban J connectivity index is 1.50. The second kappa shape index (κ2) is 7.19. The fraction of sp³-hybridized carbons (Fsp3) is 0.0556. The number of hydrogen-bond donors (Lipinski definition) is 1. The molecule has 0 saturated heterocycles. The Kier molecular flexibility index (Phi) is 4.76. The van der Waals surface area contributed by atoms with Crippen molar-refractivity contribution in [1.29, 1.82) is 0 Å². The molecule has 0 atom stereocenters. The Morgan fingerprint density at radius 1 is 1.19 bits per heavy atom. The molecule has 1 N–H and O–H groups in total. The van der Waals surface area contributed by atoms with Gasteiger partial charge in [0.15, 0.2) is 0 Å². The van der Waals surface area contributed by atoms with Crippen LogP contribution in [0.2, 0.25) is 5.02 Å². The molecule has 130 valence electrons. The van der Waals surface area contributed by atoms with Crippen LogP contribution < -0.4 is 5.32 Å². The van der Waals surface area contributed by atoms with Crippen LogP contribution in [0.3, 0.4) is 0 Å². The summed E-state index contributed by atoms with van der Waals surface area (Å²) in [5.41, 5.74) is 1.09. The molecule has 0 aliphatic carbocycles. The molecule has 0 spiro atoms. The number of benzene rings is 2. The quantitative estimate of drug-likeness (QED) is 0.467. The number of nitrogens with one attached hydrogen (secondary N) is 1. The van der Waals surface area contributed by atoms with Crippen molar-refractivity contribution in [3.8, 4) is 0 Å². The Morgan fingerprint density at radius 2 is 1.96 bits per heavy atom. The number of thiophene rings is 1. The number of fused-ring (bicyclic) bond motifs is 1. The average Bonchev–Trinajstić information content (AvgIpc) is 3.22. The van der Waals surface area contributed by atoms with E-state index in [9.17, 15) is 4.79 Å². The lowest BCUT2D eigenvalue weighted by molar-refractivity contribution is 0.103. The van der Waals surface area contributed by atoms with Gasteiger partial charge in [0.1, 0.15) is 11.2 Å². The summed E-state index contributed by atoms with van der Waals surface area (Å²) < 4.78 is 3.66. The molecule has 2 heterocycles. The minimum Gasteiger partial charge on any atom is -0.288 e. The van der Waals surface area contributed by atoms with Crippen LogP contribution in [-0.4, -0.2) is 20.7 Å². The Labute approximate surface area is 166 Å². The predicted octanol–water partition coefficient (Wildman–Crippen LogP) is 5.21. The normalized spacial score (nSPS) is 11.0.